The highest BCUT2D eigenvalue weighted by Crippen LogP contribution is 2.16. The van der Waals surface area contributed by atoms with Crippen molar-refractivity contribution >= 4 is 28.9 Å². The molecule has 1 heterocycles. The van der Waals surface area contributed by atoms with Gasteiger partial charge in [-0.3, -0.25) is 4.79 Å². The van der Waals surface area contributed by atoms with Crippen molar-refractivity contribution in [3.63, 3.8) is 0 Å². The number of hydrogen-bond acceptors (Lipinski definition) is 3. The van der Waals surface area contributed by atoms with Crippen molar-refractivity contribution in [1.82, 2.24) is 0 Å². The molecule has 0 aliphatic rings. The predicted molar refractivity (Wildman–Crippen MR) is 51.8 cm³/mol. The van der Waals surface area contributed by atoms with Gasteiger partial charge in [-0.05, 0) is 24.6 Å². The van der Waals surface area contributed by atoms with Gasteiger partial charge in [0.1, 0.15) is 0 Å². The van der Waals surface area contributed by atoms with Crippen molar-refractivity contribution in [3.05, 3.63) is 21.9 Å². The molecule has 0 amide bonds. The molecule has 1 rings (SSSR count). The average molecular weight is 186 g/mol. The molecule has 3 heteroatoms. The Bertz CT molecular complexity index is 252. The van der Waals surface area contributed by atoms with Gasteiger partial charge in [-0.25, -0.2) is 0 Å². The molecule has 0 saturated carbocycles. The highest BCUT2D eigenvalue weighted by atomic mass is 32.2. The second-order valence-corrected chi connectivity index (χ2v) is 4.23. The highest BCUT2D eigenvalue weighted by Gasteiger charge is 2.07. The smallest absolute Gasteiger partial charge is 0.173 e. The van der Waals surface area contributed by atoms with E-state index in [1.54, 1.807) is 23.1 Å². The Hall–Kier alpha value is -0.280. The molecule has 1 nitrogen and oxygen atoms in total. The Kier molecular flexibility index (Phi) is 3.15. The summed E-state index contributed by atoms with van der Waals surface area (Å²) in [6.07, 6.45) is 1.94. The number of ketones is 1. The molecule has 60 valence electrons. The van der Waals surface area contributed by atoms with E-state index >= 15 is 0 Å². The number of rotatable bonds is 3. The predicted octanol–water partition coefficient (Wildman–Crippen LogP) is 2.60. The maximum absolute atomic E-state index is 11.3. The summed E-state index contributed by atoms with van der Waals surface area (Å²) in [7, 11) is 0. The minimum atomic E-state index is 0.247. The first-order chi connectivity index (χ1) is 5.25. The summed E-state index contributed by atoms with van der Waals surface area (Å²) in [5.74, 6) is 0.841. The van der Waals surface area contributed by atoms with Crippen molar-refractivity contribution in [2.75, 3.05) is 12.0 Å². The van der Waals surface area contributed by atoms with Gasteiger partial charge >= 0.3 is 0 Å². The lowest BCUT2D eigenvalue weighted by Crippen LogP contribution is -2.01. The van der Waals surface area contributed by atoms with Crippen LogP contribution in [-0.2, 0) is 0 Å². The molecule has 0 atom stereocenters. The zero-order valence-electron chi connectivity index (χ0n) is 6.59. The molecule has 0 saturated heterocycles. The van der Waals surface area contributed by atoms with Gasteiger partial charge in [-0.1, -0.05) is 0 Å². The Labute approximate surface area is 74.8 Å². The molecule has 0 unspecified atom stereocenters. The Morgan fingerprint density at radius 1 is 1.73 bits per heavy atom. The summed E-state index contributed by atoms with van der Waals surface area (Å²) in [6, 6.07) is 1.90. The van der Waals surface area contributed by atoms with Crippen LogP contribution in [0.1, 0.15) is 15.2 Å². The van der Waals surface area contributed by atoms with Crippen molar-refractivity contribution in [2.45, 2.75) is 6.92 Å². The van der Waals surface area contributed by atoms with E-state index in [-0.39, 0.29) is 5.78 Å². The zero-order valence-corrected chi connectivity index (χ0v) is 8.22. The lowest BCUT2D eigenvalue weighted by molar-refractivity contribution is 0.102. The van der Waals surface area contributed by atoms with Crippen LogP contribution in [0.3, 0.4) is 0 Å². The van der Waals surface area contributed by atoms with E-state index in [0.717, 1.165) is 10.4 Å². The van der Waals surface area contributed by atoms with E-state index in [1.807, 2.05) is 24.6 Å². The molecular weight excluding hydrogens is 176 g/mol. The fourth-order valence-electron chi connectivity index (χ4n) is 0.883. The molecule has 11 heavy (non-hydrogen) atoms. The Morgan fingerprint density at radius 3 is 2.91 bits per heavy atom. The topological polar surface area (TPSA) is 17.1 Å². The van der Waals surface area contributed by atoms with Crippen LogP contribution in [0.4, 0.5) is 0 Å². The number of thiophene rings is 1. The van der Waals surface area contributed by atoms with Crippen LogP contribution < -0.4 is 0 Å². The van der Waals surface area contributed by atoms with Gasteiger partial charge < -0.3 is 0 Å². The largest absolute Gasteiger partial charge is 0.293 e. The van der Waals surface area contributed by atoms with Crippen molar-refractivity contribution in [1.29, 1.82) is 0 Å². The number of hydrogen-bond donors (Lipinski definition) is 0. The fraction of sp³-hybridized carbons (Fsp3) is 0.375. The van der Waals surface area contributed by atoms with Gasteiger partial charge in [0.2, 0.25) is 0 Å². The van der Waals surface area contributed by atoms with Gasteiger partial charge in [0.05, 0.1) is 5.75 Å². The SMILES string of the molecule is CSCC(=O)c1ccsc1C. The van der Waals surface area contributed by atoms with Gasteiger partial charge in [-0.2, -0.15) is 11.8 Å². The summed E-state index contributed by atoms with van der Waals surface area (Å²) in [5.41, 5.74) is 0.893. The summed E-state index contributed by atoms with van der Waals surface area (Å²) in [6.45, 7) is 1.98. The first-order valence-corrected chi connectivity index (χ1v) is 5.59. The van der Waals surface area contributed by atoms with Crippen LogP contribution in [0.15, 0.2) is 11.4 Å². The number of aryl methyl sites for hydroxylation is 1. The van der Waals surface area contributed by atoms with Crippen LogP contribution in [0, 0.1) is 6.92 Å². The first-order valence-electron chi connectivity index (χ1n) is 3.32. The summed E-state index contributed by atoms with van der Waals surface area (Å²) in [5, 5.41) is 1.96. The highest BCUT2D eigenvalue weighted by molar-refractivity contribution is 7.99. The molecule has 1 aromatic heterocycles. The molecule has 0 fully saturated rings. The van der Waals surface area contributed by atoms with Crippen molar-refractivity contribution < 1.29 is 4.79 Å². The van der Waals surface area contributed by atoms with Gasteiger partial charge in [0, 0.05) is 10.4 Å². The second kappa shape index (κ2) is 3.93. The number of carbonyl (C=O) groups excluding carboxylic acids is 1. The summed E-state index contributed by atoms with van der Waals surface area (Å²) in [4.78, 5) is 12.4. The molecule has 0 radical (unpaired) electrons. The van der Waals surface area contributed by atoms with E-state index in [4.69, 9.17) is 0 Å². The quantitative estimate of drug-likeness (QED) is 0.675. The zero-order chi connectivity index (χ0) is 8.27. The third-order valence-electron chi connectivity index (χ3n) is 1.43. The second-order valence-electron chi connectivity index (χ2n) is 2.25. The molecule has 0 bridgehead atoms. The van der Waals surface area contributed by atoms with Crippen LogP contribution in [0.25, 0.3) is 0 Å². The third kappa shape index (κ3) is 2.07. The molecule has 0 aliphatic carbocycles. The molecule has 0 aliphatic heterocycles. The minimum absolute atomic E-state index is 0.247. The first kappa shape index (κ1) is 8.81. The van der Waals surface area contributed by atoms with Crippen molar-refractivity contribution in [3.8, 4) is 0 Å². The molecule has 0 aromatic carbocycles. The fourth-order valence-corrected chi connectivity index (χ4v) is 2.02. The van der Waals surface area contributed by atoms with E-state index < -0.39 is 0 Å². The number of carbonyl (C=O) groups is 1. The minimum Gasteiger partial charge on any atom is -0.293 e. The Balaban J connectivity index is 2.76. The maximum atomic E-state index is 11.3. The summed E-state index contributed by atoms with van der Waals surface area (Å²) >= 11 is 3.20. The van der Waals surface area contributed by atoms with E-state index in [1.165, 1.54) is 0 Å². The van der Waals surface area contributed by atoms with Gasteiger partial charge in [0.15, 0.2) is 5.78 Å². The molecule has 0 N–H and O–H groups in total. The average Bonchev–Trinajstić information content (AvgIpc) is 2.36. The normalized spacial score (nSPS) is 10.0. The van der Waals surface area contributed by atoms with Crippen LogP contribution in [0.2, 0.25) is 0 Å². The number of Topliss-reactive ketones (excluding diaryl/α,β-unsaturated/α-hetero) is 1. The van der Waals surface area contributed by atoms with E-state index in [2.05, 4.69) is 0 Å². The monoisotopic (exact) mass is 186 g/mol. The maximum Gasteiger partial charge on any atom is 0.173 e. The third-order valence-corrected chi connectivity index (χ3v) is 2.83. The van der Waals surface area contributed by atoms with Crippen LogP contribution in [0.5, 0.6) is 0 Å². The molecule has 0 spiro atoms. The van der Waals surface area contributed by atoms with Gasteiger partial charge in [0.25, 0.3) is 0 Å². The lowest BCUT2D eigenvalue weighted by Gasteiger charge is -1.95. The lowest BCUT2D eigenvalue weighted by atomic mass is 10.2. The molecule has 1 aromatic rings. The van der Waals surface area contributed by atoms with Crippen molar-refractivity contribution in [2.24, 2.45) is 0 Å². The van der Waals surface area contributed by atoms with E-state index in [9.17, 15) is 4.79 Å². The van der Waals surface area contributed by atoms with E-state index in [0.29, 0.717) is 5.75 Å². The molecular formula is C8H10OS2. The van der Waals surface area contributed by atoms with Crippen LogP contribution >= 0.6 is 23.1 Å². The van der Waals surface area contributed by atoms with Crippen LogP contribution in [-0.4, -0.2) is 17.8 Å². The van der Waals surface area contributed by atoms with Gasteiger partial charge in [-0.15, -0.1) is 11.3 Å². The number of thioether (sulfide) groups is 1. The standard InChI is InChI=1S/C8H10OS2/c1-6-7(3-4-11-6)8(9)5-10-2/h3-4H,5H2,1-2H3. The Morgan fingerprint density at radius 2 is 2.45 bits per heavy atom. The summed E-state index contributed by atoms with van der Waals surface area (Å²) < 4.78 is 0.